The number of hydrazone groups is 1. The summed E-state index contributed by atoms with van der Waals surface area (Å²) in [6.07, 6.45) is 6.02. The topological polar surface area (TPSA) is 88.6 Å². The zero-order valence-corrected chi connectivity index (χ0v) is 17.0. The minimum atomic E-state index is -0.376. The fraction of sp³-hybridized carbons (Fsp3) is 0.174. The molecule has 0 fully saturated rings. The van der Waals surface area contributed by atoms with Crippen LogP contribution in [-0.2, 0) is 0 Å². The second-order valence-corrected chi connectivity index (χ2v) is 6.36. The minimum absolute atomic E-state index is 0.321. The summed E-state index contributed by atoms with van der Waals surface area (Å²) in [5.41, 5.74) is 5.26. The molecule has 0 bridgehead atoms. The summed E-state index contributed by atoms with van der Waals surface area (Å²) >= 11 is 0. The third-order valence-corrected chi connectivity index (χ3v) is 4.19. The number of hydrogen-bond donors (Lipinski definition) is 2. The average Bonchev–Trinajstić information content (AvgIpc) is 3.28. The maximum Gasteiger partial charge on any atom is 0.289 e. The van der Waals surface area contributed by atoms with Gasteiger partial charge in [0.25, 0.3) is 5.91 Å². The van der Waals surface area contributed by atoms with Crippen LogP contribution in [0.2, 0.25) is 0 Å². The lowest BCUT2D eigenvalue weighted by molar-refractivity contribution is 0.0950. The first-order chi connectivity index (χ1) is 14.7. The molecule has 0 radical (unpaired) electrons. The average molecular weight is 404 g/mol. The molecule has 2 N–H and O–H groups in total. The molecule has 0 spiro atoms. The first-order valence-electron chi connectivity index (χ1n) is 9.63. The summed E-state index contributed by atoms with van der Waals surface area (Å²) in [5.74, 6) is 1.20. The van der Waals surface area contributed by atoms with E-state index in [2.05, 4.69) is 27.6 Å². The number of allylic oxidation sites excluding steroid dienone is 1. The lowest BCUT2D eigenvalue weighted by atomic mass is 10.1. The van der Waals surface area contributed by atoms with Crippen LogP contribution < -0.4 is 14.9 Å². The van der Waals surface area contributed by atoms with Crippen molar-refractivity contribution in [3.8, 4) is 22.8 Å². The lowest BCUT2D eigenvalue weighted by Crippen LogP contribution is -2.17. The van der Waals surface area contributed by atoms with Crippen molar-refractivity contribution in [1.82, 2.24) is 15.6 Å². The van der Waals surface area contributed by atoms with Gasteiger partial charge in [-0.1, -0.05) is 25.1 Å². The van der Waals surface area contributed by atoms with E-state index in [0.29, 0.717) is 18.0 Å². The number of nitrogens with one attached hydrogen (secondary N) is 2. The highest BCUT2D eigenvalue weighted by atomic mass is 16.5. The first-order valence-corrected chi connectivity index (χ1v) is 9.63. The molecule has 7 nitrogen and oxygen atoms in total. The van der Waals surface area contributed by atoms with Crippen LogP contribution in [0.25, 0.3) is 17.3 Å². The molecule has 30 heavy (non-hydrogen) atoms. The summed E-state index contributed by atoms with van der Waals surface area (Å²) in [7, 11) is 1.62. The number of hydrogen-bond acceptors (Lipinski definition) is 5. The molecule has 0 saturated carbocycles. The molecule has 7 heteroatoms. The Labute approximate surface area is 175 Å². The Morgan fingerprint density at radius 3 is 2.77 bits per heavy atom. The number of ether oxygens (including phenoxy) is 2. The molecule has 3 rings (SSSR count). The molecule has 0 saturated heterocycles. The normalized spacial score (nSPS) is 11.1. The molecule has 1 amide bonds. The maximum atomic E-state index is 12.2. The molecule has 2 aromatic carbocycles. The molecule has 1 aromatic heterocycles. The van der Waals surface area contributed by atoms with Crippen LogP contribution in [0.1, 0.15) is 29.4 Å². The third-order valence-electron chi connectivity index (χ3n) is 4.19. The van der Waals surface area contributed by atoms with Crippen molar-refractivity contribution in [2.75, 3.05) is 13.7 Å². The number of carbonyl (C=O) groups excluding carboxylic acids is 1. The van der Waals surface area contributed by atoms with Gasteiger partial charge in [-0.2, -0.15) is 10.2 Å². The van der Waals surface area contributed by atoms with Gasteiger partial charge in [-0.3, -0.25) is 9.89 Å². The predicted octanol–water partition coefficient (Wildman–Crippen LogP) is 4.30. The number of nitrogens with zero attached hydrogens (tertiary/aromatic N) is 2. The van der Waals surface area contributed by atoms with Crippen molar-refractivity contribution in [3.63, 3.8) is 0 Å². The number of carbonyl (C=O) groups is 1. The highest BCUT2D eigenvalue weighted by Gasteiger charge is 2.10. The van der Waals surface area contributed by atoms with Crippen molar-refractivity contribution >= 4 is 18.2 Å². The smallest absolute Gasteiger partial charge is 0.289 e. The monoisotopic (exact) mass is 404 g/mol. The van der Waals surface area contributed by atoms with Crippen LogP contribution in [0.5, 0.6) is 11.5 Å². The highest BCUT2D eigenvalue weighted by Crippen LogP contribution is 2.21. The van der Waals surface area contributed by atoms with Gasteiger partial charge in [0.15, 0.2) is 0 Å². The summed E-state index contributed by atoms with van der Waals surface area (Å²) in [4.78, 5) is 12.2. The fourth-order valence-corrected chi connectivity index (χ4v) is 2.68. The molecule has 0 aliphatic rings. The summed E-state index contributed by atoms with van der Waals surface area (Å²) in [6.45, 7) is 2.74. The van der Waals surface area contributed by atoms with E-state index in [-0.39, 0.29) is 5.91 Å². The zero-order valence-electron chi connectivity index (χ0n) is 17.0. The van der Waals surface area contributed by atoms with Gasteiger partial charge >= 0.3 is 0 Å². The Hall–Kier alpha value is -3.87. The minimum Gasteiger partial charge on any atom is -0.496 e. The van der Waals surface area contributed by atoms with E-state index in [9.17, 15) is 4.79 Å². The number of rotatable bonds is 9. The van der Waals surface area contributed by atoms with Crippen LogP contribution in [0.3, 0.4) is 0 Å². The van der Waals surface area contributed by atoms with Crippen LogP contribution in [0, 0.1) is 0 Å². The molecule has 3 aromatic rings. The van der Waals surface area contributed by atoms with E-state index in [4.69, 9.17) is 9.47 Å². The van der Waals surface area contributed by atoms with Gasteiger partial charge in [-0.15, -0.1) is 0 Å². The fourth-order valence-electron chi connectivity index (χ4n) is 2.68. The van der Waals surface area contributed by atoms with E-state index in [0.717, 1.165) is 29.0 Å². The van der Waals surface area contributed by atoms with Crippen LogP contribution >= 0.6 is 0 Å². The summed E-state index contributed by atoms with van der Waals surface area (Å²) in [6, 6.07) is 16.9. The van der Waals surface area contributed by atoms with Crippen molar-refractivity contribution in [1.29, 1.82) is 0 Å². The van der Waals surface area contributed by atoms with Gasteiger partial charge in [0.05, 0.1) is 19.4 Å². The molecule has 0 aliphatic heterocycles. The molecule has 0 atom stereocenters. The quantitative estimate of drug-likeness (QED) is 0.411. The number of aromatic amines is 1. The Bertz CT molecular complexity index is 1020. The Morgan fingerprint density at radius 2 is 2.00 bits per heavy atom. The van der Waals surface area contributed by atoms with Crippen molar-refractivity contribution in [2.24, 2.45) is 5.10 Å². The van der Waals surface area contributed by atoms with E-state index in [1.807, 2.05) is 54.6 Å². The maximum absolute atomic E-state index is 12.2. The van der Waals surface area contributed by atoms with Crippen LogP contribution in [0.15, 0.2) is 65.8 Å². The van der Waals surface area contributed by atoms with Gasteiger partial charge < -0.3 is 9.47 Å². The van der Waals surface area contributed by atoms with Gasteiger partial charge in [0.1, 0.15) is 17.2 Å². The van der Waals surface area contributed by atoms with E-state index in [1.165, 1.54) is 6.21 Å². The standard InChI is InChI=1S/C23H24N4O3/c1-3-15-30-19-12-10-17(11-13-19)20-16-21(26-25-20)23(28)27-24-14-6-8-18-7-4-5-9-22(18)29-2/h4-14,16H,3,15H2,1-2H3,(H,25,26)(H,27,28). The van der Waals surface area contributed by atoms with Crippen molar-refractivity contribution in [3.05, 3.63) is 71.9 Å². The second-order valence-electron chi connectivity index (χ2n) is 6.36. The molecule has 1 heterocycles. The van der Waals surface area contributed by atoms with Crippen LogP contribution in [0.4, 0.5) is 0 Å². The van der Waals surface area contributed by atoms with Gasteiger partial charge in [-0.05, 0) is 55.0 Å². The van der Waals surface area contributed by atoms with Crippen molar-refractivity contribution in [2.45, 2.75) is 13.3 Å². The summed E-state index contributed by atoms with van der Waals surface area (Å²) in [5, 5.41) is 10.9. The van der Waals surface area contributed by atoms with Gasteiger partial charge in [0, 0.05) is 17.3 Å². The number of H-pyrrole nitrogens is 1. The Balaban J connectivity index is 1.56. The number of benzene rings is 2. The van der Waals surface area contributed by atoms with Crippen LogP contribution in [-0.4, -0.2) is 36.0 Å². The highest BCUT2D eigenvalue weighted by molar-refractivity contribution is 5.94. The predicted molar refractivity (Wildman–Crippen MR) is 118 cm³/mol. The molecular formula is C23H24N4O3. The zero-order chi connectivity index (χ0) is 21.2. The molecular weight excluding hydrogens is 380 g/mol. The lowest BCUT2D eigenvalue weighted by Gasteiger charge is -2.04. The van der Waals surface area contributed by atoms with E-state index < -0.39 is 0 Å². The van der Waals surface area contributed by atoms with Gasteiger partial charge in [-0.25, -0.2) is 5.43 Å². The van der Waals surface area contributed by atoms with Crippen molar-refractivity contribution < 1.29 is 14.3 Å². The number of amides is 1. The van der Waals surface area contributed by atoms with Gasteiger partial charge in [0.2, 0.25) is 0 Å². The SMILES string of the molecule is CCCOc1ccc(-c2cc(C(=O)NN=CC=Cc3ccccc3OC)[nH]n2)cc1. The summed E-state index contributed by atoms with van der Waals surface area (Å²) < 4.78 is 10.9. The van der Waals surface area contributed by atoms with E-state index in [1.54, 1.807) is 19.3 Å². The third kappa shape index (κ3) is 5.57. The number of para-hydroxylation sites is 1. The largest absolute Gasteiger partial charge is 0.496 e. The Morgan fingerprint density at radius 1 is 1.20 bits per heavy atom. The van der Waals surface area contributed by atoms with E-state index >= 15 is 0 Å². The molecule has 0 aliphatic carbocycles. The number of aromatic nitrogens is 2. The molecule has 0 unspecified atom stereocenters. The first kappa shape index (κ1) is 20.9. The Kier molecular flexibility index (Phi) is 7.38. The second kappa shape index (κ2) is 10.6. The molecule has 154 valence electrons. The number of methoxy groups -OCH3 is 1.